The minimum absolute atomic E-state index is 0.302. The molecule has 1 saturated heterocycles. The van der Waals surface area contributed by atoms with E-state index in [1.54, 1.807) is 22.6 Å². The number of hydrogen-bond acceptors (Lipinski definition) is 4. The van der Waals surface area contributed by atoms with Crippen molar-refractivity contribution in [2.45, 2.75) is 17.9 Å². The molecule has 3 rings (SSSR count). The molecule has 0 amide bonds. The minimum atomic E-state index is -3.58. The first-order valence-electron chi connectivity index (χ1n) is 7.37. The summed E-state index contributed by atoms with van der Waals surface area (Å²) >= 11 is 3.42. The van der Waals surface area contributed by atoms with Crippen LogP contribution in [0.1, 0.15) is 17.4 Å². The van der Waals surface area contributed by atoms with E-state index >= 15 is 0 Å². The van der Waals surface area contributed by atoms with Crippen LogP contribution in [-0.4, -0.2) is 41.9 Å². The quantitative estimate of drug-likeness (QED) is 0.855. The number of nitrogens with zero attached hydrogens (tertiary/aromatic N) is 3. The number of benzene rings is 1. The van der Waals surface area contributed by atoms with Gasteiger partial charge < -0.3 is 9.88 Å². The molecule has 0 saturated carbocycles. The highest BCUT2D eigenvalue weighted by Gasteiger charge is 2.36. The summed E-state index contributed by atoms with van der Waals surface area (Å²) in [5.41, 5.74) is 1.00. The van der Waals surface area contributed by atoms with Crippen molar-refractivity contribution in [2.24, 2.45) is 7.05 Å². The summed E-state index contributed by atoms with van der Waals surface area (Å²) in [6.07, 6.45) is 3.52. The number of imidazole rings is 1. The third kappa shape index (κ3) is 3.08. The monoisotopic (exact) mass is 398 g/mol. The average molecular weight is 399 g/mol. The SMILES string of the molecule is Cc1ccc(S(=O)(=O)N2CCNCC2c2nccn2C)cc1Br. The highest BCUT2D eigenvalue weighted by Crippen LogP contribution is 2.29. The van der Waals surface area contributed by atoms with E-state index in [0.717, 1.165) is 15.9 Å². The predicted octanol–water partition coefficient (Wildman–Crippen LogP) is 1.83. The smallest absolute Gasteiger partial charge is 0.243 e. The topological polar surface area (TPSA) is 67.2 Å². The minimum Gasteiger partial charge on any atom is -0.337 e. The van der Waals surface area contributed by atoms with Gasteiger partial charge in [-0.15, -0.1) is 0 Å². The maximum atomic E-state index is 13.1. The lowest BCUT2D eigenvalue weighted by Gasteiger charge is -2.34. The summed E-state index contributed by atoms with van der Waals surface area (Å²) in [5, 5.41) is 3.26. The Balaban J connectivity index is 2.02. The van der Waals surface area contributed by atoms with E-state index in [0.29, 0.717) is 24.5 Å². The number of nitrogens with one attached hydrogen (secondary N) is 1. The molecule has 0 bridgehead atoms. The van der Waals surface area contributed by atoms with Gasteiger partial charge in [0.2, 0.25) is 10.0 Å². The van der Waals surface area contributed by atoms with E-state index < -0.39 is 10.0 Å². The molecule has 23 heavy (non-hydrogen) atoms. The lowest BCUT2D eigenvalue weighted by molar-refractivity contribution is 0.258. The average Bonchev–Trinajstić information content (AvgIpc) is 2.96. The van der Waals surface area contributed by atoms with Crippen LogP contribution >= 0.6 is 15.9 Å². The summed E-state index contributed by atoms with van der Waals surface area (Å²) in [5.74, 6) is 0.743. The molecule has 2 aromatic rings. The fraction of sp³-hybridized carbons (Fsp3) is 0.400. The maximum Gasteiger partial charge on any atom is 0.243 e. The summed E-state index contributed by atoms with van der Waals surface area (Å²) in [6.45, 7) is 3.54. The van der Waals surface area contributed by atoms with Gasteiger partial charge >= 0.3 is 0 Å². The van der Waals surface area contributed by atoms with Crippen LogP contribution in [0.5, 0.6) is 0 Å². The maximum absolute atomic E-state index is 13.1. The molecule has 0 spiro atoms. The van der Waals surface area contributed by atoms with Crippen LogP contribution in [-0.2, 0) is 17.1 Å². The van der Waals surface area contributed by atoms with Gasteiger partial charge in [0.25, 0.3) is 0 Å². The van der Waals surface area contributed by atoms with Crippen LogP contribution in [0.3, 0.4) is 0 Å². The van der Waals surface area contributed by atoms with Crippen molar-refractivity contribution in [1.29, 1.82) is 0 Å². The van der Waals surface area contributed by atoms with Crippen molar-refractivity contribution >= 4 is 26.0 Å². The van der Waals surface area contributed by atoms with Crippen molar-refractivity contribution in [3.05, 3.63) is 46.5 Å². The molecule has 1 aliphatic heterocycles. The summed E-state index contributed by atoms with van der Waals surface area (Å²) in [4.78, 5) is 4.64. The fourth-order valence-electron chi connectivity index (χ4n) is 2.76. The largest absolute Gasteiger partial charge is 0.337 e. The first-order chi connectivity index (χ1) is 10.9. The van der Waals surface area contributed by atoms with Gasteiger partial charge in [-0.3, -0.25) is 0 Å². The Morgan fingerprint density at radius 3 is 2.83 bits per heavy atom. The van der Waals surface area contributed by atoms with E-state index in [2.05, 4.69) is 26.2 Å². The molecule has 6 nitrogen and oxygen atoms in total. The van der Waals surface area contributed by atoms with Crippen LogP contribution < -0.4 is 5.32 Å². The zero-order valence-corrected chi connectivity index (χ0v) is 15.4. The Kier molecular flexibility index (Phi) is 4.59. The third-order valence-corrected chi connectivity index (χ3v) is 6.86. The first-order valence-corrected chi connectivity index (χ1v) is 9.60. The van der Waals surface area contributed by atoms with E-state index in [-0.39, 0.29) is 6.04 Å². The van der Waals surface area contributed by atoms with Crippen LogP contribution in [0.15, 0.2) is 40.0 Å². The standard InChI is InChI=1S/C15H19BrN4O2S/c1-11-3-4-12(9-13(11)16)23(21,22)20-8-5-17-10-14(20)15-18-6-7-19(15)2/h3-4,6-7,9,14,17H,5,8,10H2,1-2H3. The van der Waals surface area contributed by atoms with Gasteiger partial charge in [-0.1, -0.05) is 22.0 Å². The molecular formula is C15H19BrN4O2S. The molecular weight excluding hydrogens is 380 g/mol. The Hall–Kier alpha value is -1.22. The van der Waals surface area contributed by atoms with Crippen molar-refractivity contribution in [2.75, 3.05) is 19.6 Å². The molecule has 8 heteroatoms. The fourth-order valence-corrected chi connectivity index (χ4v) is 4.90. The number of aryl methyl sites for hydroxylation is 2. The van der Waals surface area contributed by atoms with Gasteiger partial charge in [-0.2, -0.15) is 4.31 Å². The summed E-state index contributed by atoms with van der Waals surface area (Å²) < 4.78 is 30.4. The summed E-state index contributed by atoms with van der Waals surface area (Å²) in [6, 6.07) is 4.83. The number of piperazine rings is 1. The molecule has 1 aromatic heterocycles. The zero-order chi connectivity index (χ0) is 16.6. The second-order valence-electron chi connectivity index (χ2n) is 5.64. The van der Waals surface area contributed by atoms with Crippen molar-refractivity contribution in [3.63, 3.8) is 0 Å². The Bertz CT molecular complexity index is 819. The van der Waals surface area contributed by atoms with Gasteiger partial charge in [-0.25, -0.2) is 13.4 Å². The Morgan fingerprint density at radius 1 is 1.39 bits per heavy atom. The predicted molar refractivity (Wildman–Crippen MR) is 91.6 cm³/mol. The highest BCUT2D eigenvalue weighted by atomic mass is 79.9. The zero-order valence-electron chi connectivity index (χ0n) is 13.0. The molecule has 2 heterocycles. The van der Waals surface area contributed by atoms with Gasteiger partial charge in [0.1, 0.15) is 5.82 Å². The molecule has 1 atom stereocenters. The molecule has 1 aliphatic rings. The van der Waals surface area contributed by atoms with Crippen molar-refractivity contribution in [3.8, 4) is 0 Å². The van der Waals surface area contributed by atoms with Crippen LogP contribution in [0, 0.1) is 6.92 Å². The Labute approximate surface area is 144 Å². The normalized spacial score (nSPS) is 19.9. The van der Waals surface area contributed by atoms with Crippen LogP contribution in [0.2, 0.25) is 0 Å². The number of sulfonamides is 1. The van der Waals surface area contributed by atoms with E-state index in [4.69, 9.17) is 0 Å². The molecule has 1 aromatic carbocycles. The number of rotatable bonds is 3. The lowest BCUT2D eigenvalue weighted by atomic mass is 10.2. The van der Waals surface area contributed by atoms with Crippen molar-refractivity contribution in [1.82, 2.24) is 19.2 Å². The molecule has 124 valence electrons. The lowest BCUT2D eigenvalue weighted by Crippen LogP contribution is -2.49. The molecule has 0 radical (unpaired) electrons. The van der Waals surface area contributed by atoms with Gasteiger partial charge in [-0.05, 0) is 24.6 Å². The van der Waals surface area contributed by atoms with Gasteiger partial charge in [0.05, 0.1) is 10.9 Å². The Morgan fingerprint density at radius 2 is 2.17 bits per heavy atom. The second-order valence-corrected chi connectivity index (χ2v) is 8.39. The summed E-state index contributed by atoms with van der Waals surface area (Å²) in [7, 11) is -1.70. The molecule has 1 N–H and O–H groups in total. The molecule has 1 unspecified atom stereocenters. The van der Waals surface area contributed by atoms with E-state index in [1.807, 2.05) is 30.8 Å². The molecule has 0 aliphatic carbocycles. The van der Waals surface area contributed by atoms with Crippen molar-refractivity contribution < 1.29 is 8.42 Å². The second kappa shape index (κ2) is 6.35. The first kappa shape index (κ1) is 16.6. The highest BCUT2D eigenvalue weighted by molar-refractivity contribution is 9.10. The van der Waals surface area contributed by atoms with E-state index in [1.165, 1.54) is 0 Å². The number of hydrogen-bond donors (Lipinski definition) is 1. The van der Waals surface area contributed by atoms with Gasteiger partial charge in [0, 0.05) is 43.5 Å². The van der Waals surface area contributed by atoms with Crippen LogP contribution in [0.25, 0.3) is 0 Å². The third-order valence-electron chi connectivity index (χ3n) is 4.10. The van der Waals surface area contributed by atoms with E-state index in [9.17, 15) is 8.42 Å². The van der Waals surface area contributed by atoms with Gasteiger partial charge in [0.15, 0.2) is 0 Å². The number of aromatic nitrogens is 2. The van der Waals surface area contributed by atoms with Crippen LogP contribution in [0.4, 0.5) is 0 Å². The number of halogens is 1. The molecule has 1 fully saturated rings.